The zero-order chi connectivity index (χ0) is 13.0. The first kappa shape index (κ1) is 11.7. The van der Waals surface area contributed by atoms with Gasteiger partial charge in [-0.3, -0.25) is 5.01 Å². The fraction of sp³-hybridized carbons (Fsp3) is 0.167. The van der Waals surface area contributed by atoms with Crippen LogP contribution < -0.4 is 5.01 Å². The van der Waals surface area contributed by atoms with Gasteiger partial charge in [0.25, 0.3) is 0 Å². The first-order valence-electron chi connectivity index (χ1n) is 5.74. The van der Waals surface area contributed by atoms with Gasteiger partial charge >= 0.3 is 0 Å². The number of thioether (sulfide) groups is 2. The standard InChI is InChI=1S/C12H9ClN4S2/c1-7-14-15-12-16(7)17-10(19-12)6-18-11(17)8-2-4-9(13)5-3-8/h2-6,11H,1H3/t11-/m0/s1. The molecule has 1 aromatic carbocycles. The Balaban J connectivity index is 1.77. The van der Waals surface area contributed by atoms with Crippen LogP contribution in [0.2, 0.25) is 5.02 Å². The van der Waals surface area contributed by atoms with Crippen molar-refractivity contribution in [1.82, 2.24) is 14.9 Å². The van der Waals surface area contributed by atoms with Crippen molar-refractivity contribution in [3.63, 3.8) is 0 Å². The minimum Gasteiger partial charge on any atom is -0.252 e. The van der Waals surface area contributed by atoms with E-state index in [0.29, 0.717) is 0 Å². The van der Waals surface area contributed by atoms with Gasteiger partial charge in [0, 0.05) is 10.4 Å². The lowest BCUT2D eigenvalue weighted by atomic mass is 10.2. The monoisotopic (exact) mass is 308 g/mol. The van der Waals surface area contributed by atoms with Gasteiger partial charge in [-0.2, -0.15) is 0 Å². The summed E-state index contributed by atoms with van der Waals surface area (Å²) in [4.78, 5) is 0. The van der Waals surface area contributed by atoms with Gasteiger partial charge in [0.15, 0.2) is 5.82 Å². The molecule has 1 aromatic heterocycles. The smallest absolute Gasteiger partial charge is 0.216 e. The second kappa shape index (κ2) is 4.19. The molecule has 2 aliphatic heterocycles. The number of hydrogen-bond acceptors (Lipinski definition) is 5. The van der Waals surface area contributed by atoms with Crippen molar-refractivity contribution in [1.29, 1.82) is 0 Å². The molecular weight excluding hydrogens is 300 g/mol. The molecule has 7 heteroatoms. The molecule has 3 heterocycles. The van der Waals surface area contributed by atoms with E-state index in [-0.39, 0.29) is 5.37 Å². The zero-order valence-corrected chi connectivity index (χ0v) is 12.3. The summed E-state index contributed by atoms with van der Waals surface area (Å²) in [6.45, 7) is 1.97. The molecule has 0 aliphatic carbocycles. The molecule has 0 amide bonds. The second-order valence-corrected chi connectivity index (χ2v) is 6.66. The van der Waals surface area contributed by atoms with E-state index in [2.05, 4.69) is 37.4 Å². The molecule has 0 saturated carbocycles. The van der Waals surface area contributed by atoms with Crippen molar-refractivity contribution in [3.8, 4) is 0 Å². The average Bonchev–Trinajstić information content (AvgIpc) is 3.03. The first-order chi connectivity index (χ1) is 9.24. The van der Waals surface area contributed by atoms with E-state index in [4.69, 9.17) is 11.6 Å². The van der Waals surface area contributed by atoms with Crippen LogP contribution in [0.1, 0.15) is 16.8 Å². The van der Waals surface area contributed by atoms with E-state index in [9.17, 15) is 0 Å². The van der Waals surface area contributed by atoms with Crippen LogP contribution in [0.4, 0.5) is 0 Å². The first-order valence-corrected chi connectivity index (χ1v) is 7.88. The van der Waals surface area contributed by atoms with Crippen molar-refractivity contribution >= 4 is 35.1 Å². The van der Waals surface area contributed by atoms with Crippen LogP contribution in [0, 0.1) is 6.92 Å². The summed E-state index contributed by atoms with van der Waals surface area (Å²) in [5, 5.41) is 15.9. The molecule has 0 saturated heterocycles. The number of aromatic nitrogens is 3. The van der Waals surface area contributed by atoms with Gasteiger partial charge in [-0.15, -0.1) is 10.2 Å². The number of rotatable bonds is 1. The van der Waals surface area contributed by atoms with Gasteiger partial charge in [0.1, 0.15) is 10.4 Å². The second-order valence-electron chi connectivity index (χ2n) is 4.28. The Bertz CT molecular complexity index is 680. The highest BCUT2D eigenvalue weighted by atomic mass is 35.5. The summed E-state index contributed by atoms with van der Waals surface area (Å²) in [5.74, 6) is 0.910. The number of hydrogen-bond donors (Lipinski definition) is 0. The largest absolute Gasteiger partial charge is 0.252 e. The summed E-state index contributed by atoms with van der Waals surface area (Å²) >= 11 is 9.41. The summed E-state index contributed by atoms with van der Waals surface area (Å²) in [7, 11) is 0. The molecule has 0 radical (unpaired) electrons. The van der Waals surface area contributed by atoms with Crippen molar-refractivity contribution < 1.29 is 0 Å². The van der Waals surface area contributed by atoms with E-state index in [0.717, 1.165) is 16.0 Å². The normalized spacial score (nSPS) is 20.4. The van der Waals surface area contributed by atoms with Crippen LogP contribution in [0.5, 0.6) is 0 Å². The third-order valence-corrected chi connectivity index (χ3v) is 5.52. The van der Waals surface area contributed by atoms with E-state index < -0.39 is 0 Å². The van der Waals surface area contributed by atoms with E-state index in [1.807, 2.05) is 19.1 Å². The van der Waals surface area contributed by atoms with Crippen molar-refractivity contribution in [3.05, 3.63) is 51.1 Å². The van der Waals surface area contributed by atoms with Gasteiger partial charge in [-0.25, -0.2) is 4.68 Å². The molecule has 2 aliphatic rings. The molecule has 2 aromatic rings. The molecule has 4 rings (SSSR count). The van der Waals surface area contributed by atoms with Crippen LogP contribution in [0.3, 0.4) is 0 Å². The Kier molecular flexibility index (Phi) is 2.58. The van der Waals surface area contributed by atoms with E-state index >= 15 is 0 Å². The molecule has 0 unspecified atom stereocenters. The Morgan fingerprint density at radius 1 is 1.21 bits per heavy atom. The van der Waals surface area contributed by atoms with Crippen LogP contribution in [-0.2, 0) is 0 Å². The Labute approximate surface area is 123 Å². The Morgan fingerprint density at radius 2 is 2.00 bits per heavy atom. The lowest BCUT2D eigenvalue weighted by molar-refractivity contribution is 0.618. The molecule has 4 nitrogen and oxygen atoms in total. The van der Waals surface area contributed by atoms with Gasteiger partial charge in [0.05, 0.1) is 0 Å². The highest BCUT2D eigenvalue weighted by Crippen LogP contribution is 2.51. The topological polar surface area (TPSA) is 34.0 Å². The maximum atomic E-state index is 5.96. The molecule has 0 spiro atoms. The summed E-state index contributed by atoms with van der Waals surface area (Å²) in [6.07, 6.45) is 0. The van der Waals surface area contributed by atoms with Gasteiger partial charge in [-0.05, 0) is 36.4 Å². The lowest BCUT2D eigenvalue weighted by Crippen LogP contribution is -2.29. The predicted octanol–water partition coefficient (Wildman–Crippen LogP) is 3.53. The fourth-order valence-electron chi connectivity index (χ4n) is 2.21. The minimum atomic E-state index is 0.218. The van der Waals surface area contributed by atoms with Gasteiger partial charge < -0.3 is 0 Å². The molecule has 1 atom stereocenters. The molecule has 0 N–H and O–H groups in total. The number of nitrogens with zero attached hydrogens (tertiary/aromatic N) is 4. The van der Waals surface area contributed by atoms with Crippen LogP contribution >= 0.6 is 35.1 Å². The average molecular weight is 309 g/mol. The van der Waals surface area contributed by atoms with Crippen molar-refractivity contribution in [2.75, 3.05) is 5.01 Å². The zero-order valence-electron chi connectivity index (χ0n) is 9.95. The molecular formula is C12H9ClN4S2. The lowest BCUT2D eigenvalue weighted by Gasteiger charge is -2.25. The van der Waals surface area contributed by atoms with Crippen molar-refractivity contribution in [2.45, 2.75) is 17.5 Å². The van der Waals surface area contributed by atoms with E-state index in [1.165, 1.54) is 10.6 Å². The molecule has 0 fully saturated rings. The van der Waals surface area contributed by atoms with Gasteiger partial charge in [0.2, 0.25) is 5.16 Å². The summed E-state index contributed by atoms with van der Waals surface area (Å²) < 4.78 is 2.08. The molecule has 19 heavy (non-hydrogen) atoms. The molecule has 96 valence electrons. The summed E-state index contributed by atoms with van der Waals surface area (Å²) in [5.41, 5.74) is 1.22. The number of fused-ring (bicyclic) bond motifs is 3. The summed E-state index contributed by atoms with van der Waals surface area (Å²) in [6, 6.07) is 8.00. The number of benzene rings is 1. The maximum absolute atomic E-state index is 5.96. The van der Waals surface area contributed by atoms with Crippen molar-refractivity contribution in [2.24, 2.45) is 0 Å². The van der Waals surface area contributed by atoms with E-state index in [1.54, 1.807) is 23.5 Å². The van der Waals surface area contributed by atoms with Crippen LogP contribution in [0.25, 0.3) is 0 Å². The maximum Gasteiger partial charge on any atom is 0.216 e. The fourth-order valence-corrected chi connectivity index (χ4v) is 4.61. The quantitative estimate of drug-likeness (QED) is 0.805. The Morgan fingerprint density at radius 3 is 2.79 bits per heavy atom. The Hall–Kier alpha value is -1.11. The number of halogens is 1. The van der Waals surface area contributed by atoms with Gasteiger partial charge in [-0.1, -0.05) is 35.5 Å². The molecule has 0 bridgehead atoms. The SMILES string of the molecule is Cc1nnc2n1N1C(=CS[C@H]1c1ccc(Cl)cc1)S2. The van der Waals surface area contributed by atoms with Crippen LogP contribution in [0.15, 0.2) is 39.9 Å². The predicted molar refractivity (Wildman–Crippen MR) is 78.7 cm³/mol. The third kappa shape index (κ3) is 1.70. The highest BCUT2D eigenvalue weighted by Gasteiger charge is 2.38. The minimum absolute atomic E-state index is 0.218. The third-order valence-electron chi connectivity index (χ3n) is 3.08. The highest BCUT2D eigenvalue weighted by molar-refractivity contribution is 8.07. The number of aryl methyl sites for hydroxylation is 1. The van der Waals surface area contributed by atoms with Crippen LogP contribution in [-0.4, -0.2) is 14.9 Å².